The van der Waals surface area contributed by atoms with E-state index in [0.717, 1.165) is 6.42 Å². The summed E-state index contributed by atoms with van der Waals surface area (Å²) < 4.78 is 0. The van der Waals surface area contributed by atoms with Crippen molar-refractivity contribution in [2.45, 2.75) is 53.4 Å². The SMILES string of the molecule is CCCC(C)C(C)(CO)CCC. The number of aliphatic hydroxyl groups excluding tert-OH is 1. The van der Waals surface area contributed by atoms with Crippen LogP contribution in [0, 0.1) is 11.3 Å². The van der Waals surface area contributed by atoms with E-state index in [9.17, 15) is 5.11 Å². The zero-order valence-corrected chi connectivity index (χ0v) is 9.06. The lowest BCUT2D eigenvalue weighted by molar-refractivity contribution is 0.0717. The molecule has 2 unspecified atom stereocenters. The average molecular weight is 172 g/mol. The van der Waals surface area contributed by atoms with Crippen molar-refractivity contribution >= 4 is 0 Å². The Morgan fingerprint density at radius 3 is 2.17 bits per heavy atom. The van der Waals surface area contributed by atoms with Gasteiger partial charge in [0, 0.05) is 6.61 Å². The zero-order chi connectivity index (χ0) is 9.61. The lowest BCUT2D eigenvalue weighted by Crippen LogP contribution is -2.29. The molecule has 0 fully saturated rings. The van der Waals surface area contributed by atoms with E-state index in [4.69, 9.17) is 0 Å². The third-order valence-corrected chi connectivity index (χ3v) is 3.09. The molecule has 2 atom stereocenters. The van der Waals surface area contributed by atoms with Crippen molar-refractivity contribution in [2.24, 2.45) is 11.3 Å². The first-order valence-corrected chi connectivity index (χ1v) is 5.21. The van der Waals surface area contributed by atoms with Crippen LogP contribution in [0.2, 0.25) is 0 Å². The fraction of sp³-hybridized carbons (Fsp3) is 1.00. The fourth-order valence-corrected chi connectivity index (χ4v) is 1.83. The number of hydrogen-bond acceptors (Lipinski definition) is 1. The Kier molecular flexibility index (Phi) is 5.56. The smallest absolute Gasteiger partial charge is 0.0487 e. The van der Waals surface area contributed by atoms with Gasteiger partial charge >= 0.3 is 0 Å². The molecule has 0 rings (SSSR count). The van der Waals surface area contributed by atoms with Crippen LogP contribution in [0.4, 0.5) is 0 Å². The monoisotopic (exact) mass is 172 g/mol. The number of aliphatic hydroxyl groups is 1. The molecule has 0 aromatic carbocycles. The van der Waals surface area contributed by atoms with E-state index in [0.29, 0.717) is 12.5 Å². The highest BCUT2D eigenvalue weighted by molar-refractivity contribution is 4.78. The van der Waals surface area contributed by atoms with Crippen LogP contribution < -0.4 is 0 Å². The first-order chi connectivity index (χ1) is 5.60. The molecule has 0 bridgehead atoms. The molecule has 0 aromatic heterocycles. The molecule has 0 spiro atoms. The summed E-state index contributed by atoms with van der Waals surface area (Å²) in [6.07, 6.45) is 4.77. The summed E-state index contributed by atoms with van der Waals surface area (Å²) in [4.78, 5) is 0. The van der Waals surface area contributed by atoms with Crippen molar-refractivity contribution in [1.29, 1.82) is 0 Å². The maximum absolute atomic E-state index is 9.31. The van der Waals surface area contributed by atoms with Crippen LogP contribution in [0.3, 0.4) is 0 Å². The second kappa shape index (κ2) is 5.58. The normalized spacial score (nSPS) is 18.8. The second-order valence-electron chi connectivity index (χ2n) is 4.25. The molecule has 0 aliphatic rings. The Hall–Kier alpha value is -0.0400. The van der Waals surface area contributed by atoms with Crippen LogP contribution in [0.1, 0.15) is 53.4 Å². The van der Waals surface area contributed by atoms with Gasteiger partial charge in [-0.2, -0.15) is 0 Å². The Balaban J connectivity index is 4.08. The van der Waals surface area contributed by atoms with Crippen molar-refractivity contribution in [3.63, 3.8) is 0 Å². The van der Waals surface area contributed by atoms with Crippen molar-refractivity contribution in [2.75, 3.05) is 6.61 Å². The van der Waals surface area contributed by atoms with Gasteiger partial charge in [0.2, 0.25) is 0 Å². The summed E-state index contributed by atoms with van der Waals surface area (Å²) in [5.41, 5.74) is 0.158. The van der Waals surface area contributed by atoms with Gasteiger partial charge in [-0.1, -0.05) is 47.0 Å². The summed E-state index contributed by atoms with van der Waals surface area (Å²) in [5.74, 6) is 0.646. The number of rotatable bonds is 6. The van der Waals surface area contributed by atoms with Crippen LogP contribution in [0.5, 0.6) is 0 Å². The standard InChI is InChI=1S/C11H24O/c1-5-7-10(3)11(4,9-12)8-6-2/h10,12H,5-9H2,1-4H3. The van der Waals surface area contributed by atoms with E-state index in [2.05, 4.69) is 27.7 Å². The molecule has 1 nitrogen and oxygen atoms in total. The van der Waals surface area contributed by atoms with Crippen molar-refractivity contribution < 1.29 is 5.11 Å². The van der Waals surface area contributed by atoms with E-state index >= 15 is 0 Å². The Bertz CT molecular complexity index is 112. The fourth-order valence-electron chi connectivity index (χ4n) is 1.83. The molecule has 0 saturated carbocycles. The highest BCUT2D eigenvalue weighted by atomic mass is 16.3. The first kappa shape index (κ1) is 12.0. The highest BCUT2D eigenvalue weighted by Gasteiger charge is 2.28. The van der Waals surface area contributed by atoms with Gasteiger partial charge in [0.05, 0.1) is 0 Å². The largest absolute Gasteiger partial charge is 0.396 e. The van der Waals surface area contributed by atoms with E-state index < -0.39 is 0 Å². The molecule has 0 aliphatic carbocycles. The maximum Gasteiger partial charge on any atom is 0.0487 e. The van der Waals surface area contributed by atoms with Gasteiger partial charge in [0.1, 0.15) is 0 Å². The zero-order valence-electron chi connectivity index (χ0n) is 9.06. The quantitative estimate of drug-likeness (QED) is 0.652. The Labute approximate surface area is 77.2 Å². The van der Waals surface area contributed by atoms with Crippen LogP contribution >= 0.6 is 0 Å². The van der Waals surface area contributed by atoms with Gasteiger partial charge in [0.25, 0.3) is 0 Å². The molecule has 1 N–H and O–H groups in total. The molecular weight excluding hydrogens is 148 g/mol. The third kappa shape index (κ3) is 3.14. The van der Waals surface area contributed by atoms with Gasteiger partial charge in [0.15, 0.2) is 0 Å². The van der Waals surface area contributed by atoms with E-state index in [1.165, 1.54) is 19.3 Å². The minimum absolute atomic E-state index is 0.158. The van der Waals surface area contributed by atoms with Crippen LogP contribution in [0.25, 0.3) is 0 Å². The van der Waals surface area contributed by atoms with Crippen LogP contribution in [-0.4, -0.2) is 11.7 Å². The van der Waals surface area contributed by atoms with Crippen molar-refractivity contribution in [1.82, 2.24) is 0 Å². The Morgan fingerprint density at radius 1 is 1.25 bits per heavy atom. The molecule has 0 aromatic rings. The predicted molar refractivity (Wildman–Crippen MR) is 54.2 cm³/mol. The minimum atomic E-state index is 0.158. The second-order valence-corrected chi connectivity index (χ2v) is 4.25. The van der Waals surface area contributed by atoms with Crippen LogP contribution in [0.15, 0.2) is 0 Å². The van der Waals surface area contributed by atoms with Crippen LogP contribution in [-0.2, 0) is 0 Å². The summed E-state index contributed by atoms with van der Waals surface area (Å²) in [6.45, 7) is 9.20. The van der Waals surface area contributed by atoms with E-state index in [1.54, 1.807) is 0 Å². The van der Waals surface area contributed by atoms with Crippen molar-refractivity contribution in [3.05, 3.63) is 0 Å². The third-order valence-electron chi connectivity index (χ3n) is 3.09. The average Bonchev–Trinajstić information content (AvgIpc) is 2.05. The van der Waals surface area contributed by atoms with Gasteiger partial charge < -0.3 is 5.11 Å². The summed E-state index contributed by atoms with van der Waals surface area (Å²) >= 11 is 0. The lowest BCUT2D eigenvalue weighted by atomic mass is 9.73. The lowest BCUT2D eigenvalue weighted by Gasteiger charge is -2.33. The first-order valence-electron chi connectivity index (χ1n) is 5.21. The minimum Gasteiger partial charge on any atom is -0.396 e. The molecule has 12 heavy (non-hydrogen) atoms. The summed E-state index contributed by atoms with van der Waals surface area (Å²) in [7, 11) is 0. The molecule has 74 valence electrons. The molecule has 0 amide bonds. The highest BCUT2D eigenvalue weighted by Crippen LogP contribution is 2.34. The van der Waals surface area contributed by atoms with E-state index in [-0.39, 0.29) is 5.41 Å². The maximum atomic E-state index is 9.31. The molecule has 1 heteroatoms. The summed E-state index contributed by atoms with van der Waals surface area (Å²) in [5, 5.41) is 9.31. The van der Waals surface area contributed by atoms with Gasteiger partial charge in [-0.3, -0.25) is 0 Å². The molecule has 0 saturated heterocycles. The topological polar surface area (TPSA) is 20.2 Å². The van der Waals surface area contributed by atoms with Gasteiger partial charge in [-0.25, -0.2) is 0 Å². The molecule has 0 radical (unpaired) electrons. The predicted octanol–water partition coefficient (Wildman–Crippen LogP) is 3.22. The summed E-state index contributed by atoms with van der Waals surface area (Å²) in [6, 6.07) is 0. The van der Waals surface area contributed by atoms with Gasteiger partial charge in [-0.05, 0) is 17.8 Å². The molecule has 0 heterocycles. The molecule has 0 aliphatic heterocycles. The van der Waals surface area contributed by atoms with Gasteiger partial charge in [-0.15, -0.1) is 0 Å². The van der Waals surface area contributed by atoms with E-state index in [1.807, 2.05) is 0 Å². The number of hydrogen-bond donors (Lipinski definition) is 1. The molecular formula is C11H24O. The Morgan fingerprint density at radius 2 is 1.83 bits per heavy atom. The van der Waals surface area contributed by atoms with Crippen molar-refractivity contribution in [3.8, 4) is 0 Å².